The molecule has 5 nitrogen and oxygen atoms in total. The van der Waals surface area contributed by atoms with Gasteiger partial charge in [-0.05, 0) is 60.9 Å². The van der Waals surface area contributed by atoms with E-state index in [4.69, 9.17) is 14.6 Å². The van der Waals surface area contributed by atoms with Gasteiger partial charge in [-0.3, -0.25) is 0 Å². The highest BCUT2D eigenvalue weighted by Gasteiger charge is 2.08. The molecule has 0 amide bonds. The Morgan fingerprint density at radius 3 is 2.65 bits per heavy atom. The lowest BCUT2D eigenvalue weighted by Gasteiger charge is -2.09. The average molecular weight is 369 g/mol. The van der Waals surface area contributed by atoms with Crippen LogP contribution in [0.3, 0.4) is 0 Å². The van der Waals surface area contributed by atoms with Gasteiger partial charge < -0.3 is 14.6 Å². The Balaban J connectivity index is 1.82. The molecule has 3 rings (SSSR count). The van der Waals surface area contributed by atoms with Crippen molar-refractivity contribution in [3.8, 4) is 11.5 Å². The van der Waals surface area contributed by atoms with E-state index >= 15 is 0 Å². The number of aryl methyl sites for hydroxylation is 2. The second-order valence-electron chi connectivity index (χ2n) is 5.88. The van der Waals surface area contributed by atoms with Crippen molar-refractivity contribution in [2.24, 2.45) is 0 Å². The fourth-order valence-corrected chi connectivity index (χ4v) is 3.43. The summed E-state index contributed by atoms with van der Waals surface area (Å²) in [6.07, 6.45) is 3.91. The van der Waals surface area contributed by atoms with E-state index in [9.17, 15) is 4.79 Å². The Kier molecular flexibility index (Phi) is 5.23. The van der Waals surface area contributed by atoms with Crippen molar-refractivity contribution in [1.82, 2.24) is 4.98 Å². The maximum absolute atomic E-state index is 10.6. The molecule has 1 heterocycles. The van der Waals surface area contributed by atoms with E-state index in [1.807, 2.05) is 18.2 Å². The van der Waals surface area contributed by atoms with Gasteiger partial charge in [0.05, 0.1) is 17.3 Å². The van der Waals surface area contributed by atoms with Crippen LogP contribution in [0.15, 0.2) is 30.3 Å². The molecule has 0 saturated carbocycles. The first-order valence-electron chi connectivity index (χ1n) is 8.05. The van der Waals surface area contributed by atoms with Crippen molar-refractivity contribution < 1.29 is 19.4 Å². The smallest absolute Gasteiger partial charge is 0.341 e. The number of nitrogens with zero attached hydrogens (tertiary/aromatic N) is 1. The molecule has 3 aromatic rings. The summed E-state index contributed by atoms with van der Waals surface area (Å²) in [5, 5.41) is 9.64. The van der Waals surface area contributed by atoms with Crippen LogP contribution >= 0.6 is 11.3 Å². The number of fused-ring (bicyclic) bond motifs is 1. The summed E-state index contributed by atoms with van der Waals surface area (Å²) in [5.41, 5.74) is 4.42. The Hall–Kier alpha value is -2.86. The van der Waals surface area contributed by atoms with Crippen LogP contribution in [0.5, 0.6) is 11.5 Å². The van der Waals surface area contributed by atoms with E-state index in [0.29, 0.717) is 11.5 Å². The minimum atomic E-state index is -1.03. The average Bonchev–Trinajstić information content (AvgIpc) is 3.00. The molecule has 134 valence electrons. The maximum Gasteiger partial charge on any atom is 0.341 e. The summed E-state index contributed by atoms with van der Waals surface area (Å²) in [6, 6.07) is 9.62. The van der Waals surface area contributed by atoms with Gasteiger partial charge in [-0.15, -0.1) is 11.3 Å². The highest BCUT2D eigenvalue weighted by Crippen LogP contribution is 2.30. The van der Waals surface area contributed by atoms with Gasteiger partial charge in [0.2, 0.25) is 0 Å². The third-order valence-electron chi connectivity index (χ3n) is 3.98. The number of aromatic nitrogens is 1. The Morgan fingerprint density at radius 1 is 1.15 bits per heavy atom. The van der Waals surface area contributed by atoms with Gasteiger partial charge in [0.15, 0.2) is 18.1 Å². The van der Waals surface area contributed by atoms with E-state index in [2.05, 4.69) is 31.0 Å². The molecule has 0 aliphatic heterocycles. The summed E-state index contributed by atoms with van der Waals surface area (Å²) >= 11 is 1.64. The molecule has 0 fully saturated rings. The Labute approximate surface area is 155 Å². The molecule has 1 aromatic heterocycles. The highest BCUT2D eigenvalue weighted by molar-refractivity contribution is 7.19. The molecule has 1 N–H and O–H groups in total. The van der Waals surface area contributed by atoms with Crippen LogP contribution in [0.4, 0.5) is 0 Å². The van der Waals surface area contributed by atoms with Crippen molar-refractivity contribution in [2.45, 2.75) is 13.8 Å². The van der Waals surface area contributed by atoms with E-state index in [1.54, 1.807) is 23.5 Å². The Bertz CT molecular complexity index is 952. The summed E-state index contributed by atoms with van der Waals surface area (Å²) in [5.74, 6) is -0.140. The number of carboxylic acids is 1. The summed E-state index contributed by atoms with van der Waals surface area (Å²) in [6.45, 7) is 3.78. The predicted octanol–water partition coefficient (Wildman–Crippen LogP) is 4.56. The van der Waals surface area contributed by atoms with Crippen LogP contribution in [-0.2, 0) is 4.79 Å². The molecule has 2 aromatic carbocycles. The molecule has 6 heteroatoms. The SMILES string of the molecule is COc1cc(/C=C/c2nc3cc(C)c(C)cc3s2)ccc1OCC(=O)O. The zero-order chi connectivity index (χ0) is 18.7. The summed E-state index contributed by atoms with van der Waals surface area (Å²) in [4.78, 5) is 15.3. The molecule has 0 unspecified atom stereocenters. The third-order valence-corrected chi connectivity index (χ3v) is 4.96. The number of carbonyl (C=O) groups is 1. The first-order chi connectivity index (χ1) is 12.5. The van der Waals surface area contributed by atoms with Crippen molar-refractivity contribution in [3.63, 3.8) is 0 Å². The first-order valence-corrected chi connectivity index (χ1v) is 8.86. The van der Waals surface area contributed by atoms with Crippen LogP contribution < -0.4 is 9.47 Å². The fraction of sp³-hybridized carbons (Fsp3) is 0.200. The lowest BCUT2D eigenvalue weighted by atomic mass is 10.1. The van der Waals surface area contributed by atoms with Crippen LogP contribution in [0, 0.1) is 13.8 Å². The molecular formula is C20H19NO4S. The van der Waals surface area contributed by atoms with E-state index in [1.165, 1.54) is 22.9 Å². The van der Waals surface area contributed by atoms with Crippen molar-refractivity contribution in [2.75, 3.05) is 13.7 Å². The molecule has 26 heavy (non-hydrogen) atoms. The van der Waals surface area contributed by atoms with E-state index < -0.39 is 12.6 Å². The van der Waals surface area contributed by atoms with Crippen molar-refractivity contribution in [1.29, 1.82) is 0 Å². The number of aliphatic carboxylic acids is 1. The van der Waals surface area contributed by atoms with Gasteiger partial charge in [0.1, 0.15) is 5.01 Å². The third kappa shape index (κ3) is 4.03. The monoisotopic (exact) mass is 369 g/mol. The second-order valence-corrected chi connectivity index (χ2v) is 6.94. The van der Waals surface area contributed by atoms with Gasteiger partial charge in [-0.1, -0.05) is 12.1 Å². The summed E-state index contributed by atoms with van der Waals surface area (Å²) in [7, 11) is 1.52. The van der Waals surface area contributed by atoms with Crippen LogP contribution in [-0.4, -0.2) is 29.8 Å². The van der Waals surface area contributed by atoms with Gasteiger partial charge in [-0.25, -0.2) is 9.78 Å². The quantitative estimate of drug-likeness (QED) is 0.690. The molecule has 0 aliphatic carbocycles. The van der Waals surface area contributed by atoms with E-state index in [-0.39, 0.29) is 0 Å². The number of carboxylic acid groups (broad SMARTS) is 1. The van der Waals surface area contributed by atoms with Gasteiger partial charge in [0.25, 0.3) is 0 Å². The molecular weight excluding hydrogens is 350 g/mol. The topological polar surface area (TPSA) is 68.7 Å². The number of rotatable bonds is 6. The highest BCUT2D eigenvalue weighted by atomic mass is 32.1. The zero-order valence-electron chi connectivity index (χ0n) is 14.8. The molecule has 0 aliphatic rings. The van der Waals surface area contributed by atoms with Crippen LogP contribution in [0.1, 0.15) is 21.7 Å². The number of ether oxygens (including phenoxy) is 2. The largest absolute Gasteiger partial charge is 0.493 e. The maximum atomic E-state index is 10.6. The number of hydrogen-bond acceptors (Lipinski definition) is 5. The number of thiazole rings is 1. The molecule has 0 spiro atoms. The minimum absolute atomic E-state index is 0.401. The second kappa shape index (κ2) is 7.58. The van der Waals surface area contributed by atoms with Crippen LogP contribution in [0.25, 0.3) is 22.4 Å². The van der Waals surface area contributed by atoms with Crippen molar-refractivity contribution in [3.05, 3.63) is 52.0 Å². The van der Waals surface area contributed by atoms with Gasteiger partial charge >= 0.3 is 5.97 Å². The zero-order valence-corrected chi connectivity index (χ0v) is 15.6. The molecule has 0 saturated heterocycles. The van der Waals surface area contributed by atoms with Crippen molar-refractivity contribution >= 4 is 39.7 Å². The predicted molar refractivity (Wildman–Crippen MR) is 104 cm³/mol. The Morgan fingerprint density at radius 2 is 1.92 bits per heavy atom. The minimum Gasteiger partial charge on any atom is -0.493 e. The first kappa shape index (κ1) is 17.9. The van der Waals surface area contributed by atoms with E-state index in [0.717, 1.165) is 16.1 Å². The normalized spacial score (nSPS) is 11.2. The lowest BCUT2D eigenvalue weighted by molar-refractivity contribution is -0.139. The lowest BCUT2D eigenvalue weighted by Crippen LogP contribution is -2.10. The van der Waals surface area contributed by atoms with Gasteiger partial charge in [-0.2, -0.15) is 0 Å². The standard InChI is InChI=1S/C20H19NO4S/c1-12-8-15-18(9-13(12)2)26-19(21-15)7-5-14-4-6-16(17(10-14)24-3)25-11-20(22)23/h4-10H,11H2,1-3H3,(H,22,23)/b7-5+. The number of benzene rings is 2. The van der Waals surface area contributed by atoms with Gasteiger partial charge in [0, 0.05) is 0 Å². The number of hydrogen-bond donors (Lipinski definition) is 1. The fourth-order valence-electron chi connectivity index (χ4n) is 2.48. The summed E-state index contributed by atoms with van der Waals surface area (Å²) < 4.78 is 11.7. The number of methoxy groups -OCH3 is 1. The van der Waals surface area contributed by atoms with Crippen LogP contribution in [0.2, 0.25) is 0 Å². The molecule has 0 radical (unpaired) electrons. The molecule has 0 bridgehead atoms. The molecule has 0 atom stereocenters.